The average molecular weight is 579 g/mol. The zero-order valence-corrected chi connectivity index (χ0v) is 25.0. The van der Waals surface area contributed by atoms with Gasteiger partial charge in [0.15, 0.2) is 5.11 Å². The minimum atomic E-state index is -0.138. The van der Waals surface area contributed by atoms with Crippen molar-refractivity contribution in [2.45, 2.75) is 39.8 Å². The van der Waals surface area contributed by atoms with Gasteiger partial charge in [-0.2, -0.15) is 0 Å². The fraction of sp³-hybridized carbons (Fsp3) is 0.176. The molecule has 0 radical (unpaired) electrons. The van der Waals surface area contributed by atoms with Crippen LogP contribution in [0, 0.1) is 27.7 Å². The number of nitrogens with zero attached hydrogens (tertiary/aromatic N) is 3. The summed E-state index contributed by atoms with van der Waals surface area (Å²) >= 11 is 12.5. The summed E-state index contributed by atoms with van der Waals surface area (Å²) in [5.41, 5.74) is 8.56. The highest BCUT2D eigenvalue weighted by atomic mass is 35.5. The van der Waals surface area contributed by atoms with Crippen molar-refractivity contribution in [2.24, 2.45) is 0 Å². The number of pyridine rings is 1. The molecule has 206 valence electrons. The maximum Gasteiger partial charge on any atom is 0.174 e. The molecule has 5 nitrogen and oxygen atoms in total. The van der Waals surface area contributed by atoms with Crippen LogP contribution in [0.4, 0.5) is 5.69 Å². The van der Waals surface area contributed by atoms with Gasteiger partial charge in [0.2, 0.25) is 0 Å². The Hall–Kier alpha value is -4.13. The molecule has 1 aliphatic rings. The van der Waals surface area contributed by atoms with Gasteiger partial charge in [-0.25, -0.2) is 0 Å². The van der Waals surface area contributed by atoms with E-state index >= 15 is 0 Å². The van der Waals surface area contributed by atoms with Crippen LogP contribution in [0.5, 0.6) is 11.5 Å². The van der Waals surface area contributed by atoms with Gasteiger partial charge >= 0.3 is 0 Å². The van der Waals surface area contributed by atoms with Gasteiger partial charge < -0.3 is 19.5 Å². The summed E-state index contributed by atoms with van der Waals surface area (Å²) < 4.78 is 8.45. The predicted molar refractivity (Wildman–Crippen MR) is 171 cm³/mol. The number of benzene rings is 3. The molecule has 6 rings (SSSR count). The first kappa shape index (κ1) is 27.1. The van der Waals surface area contributed by atoms with Gasteiger partial charge in [0.05, 0.1) is 17.8 Å². The first-order valence-electron chi connectivity index (χ1n) is 13.6. The third-order valence-corrected chi connectivity index (χ3v) is 8.53. The van der Waals surface area contributed by atoms with Crippen molar-refractivity contribution < 1.29 is 4.74 Å². The summed E-state index contributed by atoms with van der Waals surface area (Å²) in [6.07, 6.45) is 1.83. The van der Waals surface area contributed by atoms with Crippen molar-refractivity contribution in [1.29, 1.82) is 0 Å². The molecule has 0 amide bonds. The molecule has 1 saturated heterocycles. The molecule has 3 heterocycles. The van der Waals surface area contributed by atoms with Gasteiger partial charge in [-0.3, -0.25) is 4.98 Å². The van der Waals surface area contributed by atoms with Gasteiger partial charge in [0.25, 0.3) is 0 Å². The summed E-state index contributed by atoms with van der Waals surface area (Å²) in [5.74, 6) is 1.61. The summed E-state index contributed by atoms with van der Waals surface area (Å²) in [6.45, 7) is 8.40. The zero-order chi connectivity index (χ0) is 28.7. The minimum absolute atomic E-state index is 0.125. The Bertz CT molecular complexity index is 1730. The fourth-order valence-electron chi connectivity index (χ4n) is 5.72. The number of hydrogen-bond acceptors (Lipinski definition) is 3. The lowest BCUT2D eigenvalue weighted by atomic mass is 9.96. The number of nitrogens with one attached hydrogen (secondary N) is 1. The maximum absolute atomic E-state index is 6.53. The topological polar surface area (TPSA) is 42.3 Å². The first-order chi connectivity index (χ1) is 19.8. The van der Waals surface area contributed by atoms with Crippen molar-refractivity contribution in [1.82, 2.24) is 14.9 Å². The second-order valence-corrected chi connectivity index (χ2v) is 11.2. The minimum Gasteiger partial charge on any atom is -0.457 e. The van der Waals surface area contributed by atoms with E-state index in [2.05, 4.69) is 65.9 Å². The number of thiocarbonyl (C=S) groups is 1. The van der Waals surface area contributed by atoms with Crippen LogP contribution in [0.1, 0.15) is 45.9 Å². The maximum atomic E-state index is 6.53. The summed E-state index contributed by atoms with van der Waals surface area (Å²) in [6, 6.07) is 30.2. The van der Waals surface area contributed by atoms with Gasteiger partial charge in [-0.15, -0.1) is 0 Å². The molecule has 0 spiro atoms. The van der Waals surface area contributed by atoms with Crippen LogP contribution in [0.25, 0.3) is 5.69 Å². The van der Waals surface area contributed by atoms with E-state index < -0.39 is 0 Å². The van der Waals surface area contributed by atoms with Crippen LogP contribution in [0.15, 0.2) is 97.2 Å². The van der Waals surface area contributed by atoms with E-state index in [4.69, 9.17) is 33.5 Å². The summed E-state index contributed by atoms with van der Waals surface area (Å²) in [4.78, 5) is 6.92. The molecule has 0 bridgehead atoms. The molecule has 1 N–H and O–H groups in total. The Balaban J connectivity index is 1.43. The van der Waals surface area contributed by atoms with E-state index in [1.807, 2.05) is 73.8 Å². The largest absolute Gasteiger partial charge is 0.457 e. The Kier molecular flexibility index (Phi) is 7.28. The van der Waals surface area contributed by atoms with Gasteiger partial charge in [0, 0.05) is 34.0 Å². The third kappa shape index (κ3) is 4.98. The van der Waals surface area contributed by atoms with Crippen LogP contribution in [0.2, 0.25) is 5.02 Å². The molecule has 0 aliphatic carbocycles. The highest BCUT2D eigenvalue weighted by Crippen LogP contribution is 2.44. The number of aromatic nitrogens is 2. The highest BCUT2D eigenvalue weighted by molar-refractivity contribution is 7.80. The molecule has 7 heteroatoms. The molecule has 0 unspecified atom stereocenters. The molecular weight excluding hydrogens is 548 g/mol. The number of halogens is 1. The van der Waals surface area contributed by atoms with Crippen molar-refractivity contribution in [3.63, 3.8) is 0 Å². The van der Waals surface area contributed by atoms with Crippen molar-refractivity contribution in [3.05, 3.63) is 136 Å². The fourth-order valence-corrected chi connectivity index (χ4v) is 6.23. The summed E-state index contributed by atoms with van der Waals surface area (Å²) in [5, 5.41) is 4.98. The zero-order valence-electron chi connectivity index (χ0n) is 23.4. The van der Waals surface area contributed by atoms with E-state index in [9.17, 15) is 0 Å². The average Bonchev–Trinajstić information content (AvgIpc) is 3.47. The molecular formula is C34H31ClN4OS. The smallest absolute Gasteiger partial charge is 0.174 e. The van der Waals surface area contributed by atoms with Crippen LogP contribution in [-0.4, -0.2) is 14.7 Å². The normalized spacial score (nSPS) is 16.6. The number of anilines is 1. The van der Waals surface area contributed by atoms with Crippen LogP contribution >= 0.6 is 23.8 Å². The van der Waals surface area contributed by atoms with Crippen LogP contribution in [0.3, 0.4) is 0 Å². The molecule has 1 aliphatic heterocycles. The molecule has 0 saturated carbocycles. The molecule has 5 aromatic rings. The van der Waals surface area contributed by atoms with E-state index in [-0.39, 0.29) is 12.1 Å². The number of para-hydroxylation sites is 1. The van der Waals surface area contributed by atoms with Crippen molar-refractivity contribution in [3.8, 4) is 17.2 Å². The van der Waals surface area contributed by atoms with Gasteiger partial charge in [-0.1, -0.05) is 41.9 Å². The number of ether oxygens (including phenoxy) is 1. The van der Waals surface area contributed by atoms with Crippen molar-refractivity contribution in [2.75, 3.05) is 4.90 Å². The van der Waals surface area contributed by atoms with Crippen LogP contribution < -0.4 is 15.0 Å². The number of rotatable bonds is 6. The van der Waals surface area contributed by atoms with E-state index in [1.165, 1.54) is 5.56 Å². The Morgan fingerprint density at radius 3 is 2.37 bits per heavy atom. The third-order valence-electron chi connectivity index (χ3n) is 7.80. The highest BCUT2D eigenvalue weighted by Gasteiger charge is 2.42. The summed E-state index contributed by atoms with van der Waals surface area (Å²) in [7, 11) is 0. The first-order valence-corrected chi connectivity index (χ1v) is 14.4. The Morgan fingerprint density at radius 2 is 1.63 bits per heavy atom. The molecule has 2 aromatic heterocycles. The predicted octanol–water partition coefficient (Wildman–Crippen LogP) is 8.73. The Labute approximate surface area is 251 Å². The lowest BCUT2D eigenvalue weighted by Gasteiger charge is -2.28. The number of hydrogen-bond donors (Lipinski definition) is 1. The number of aryl methyl sites for hydroxylation is 2. The molecule has 2 atom stereocenters. The lowest BCUT2D eigenvalue weighted by Crippen LogP contribution is -2.29. The molecule has 3 aromatic carbocycles. The standard InChI is InChI=1S/C34H31ClN4OS/c1-21-10-5-6-14-31(21)40-26-17-15-25(16-18-26)39-33(32(37-34(39)41)29-12-7-8-19-36-29)27-20-22(2)38(24(27)4)30-13-9-11-28(35)23(30)3/h5-20,32-33H,1-4H3,(H,37,41)/t32-,33+/m0/s1. The van der Waals surface area contributed by atoms with E-state index in [0.717, 1.165) is 56.1 Å². The van der Waals surface area contributed by atoms with E-state index in [1.54, 1.807) is 0 Å². The second-order valence-electron chi connectivity index (χ2n) is 10.4. The second kappa shape index (κ2) is 11.0. The van der Waals surface area contributed by atoms with Crippen molar-refractivity contribution >= 4 is 34.6 Å². The molecule has 1 fully saturated rings. The quantitative estimate of drug-likeness (QED) is 0.204. The van der Waals surface area contributed by atoms with Crippen LogP contribution in [-0.2, 0) is 0 Å². The lowest BCUT2D eigenvalue weighted by molar-refractivity contribution is 0.479. The van der Waals surface area contributed by atoms with E-state index in [0.29, 0.717) is 5.11 Å². The monoisotopic (exact) mass is 578 g/mol. The Morgan fingerprint density at radius 1 is 0.878 bits per heavy atom. The van der Waals surface area contributed by atoms with Gasteiger partial charge in [-0.05, 0) is 117 Å². The van der Waals surface area contributed by atoms with Gasteiger partial charge in [0.1, 0.15) is 11.5 Å². The molecule has 41 heavy (non-hydrogen) atoms. The SMILES string of the molecule is Cc1ccccc1Oc1ccc(N2C(=S)N[C@@H](c3ccccn3)[C@H]2c2cc(C)n(-c3cccc(Cl)c3C)c2C)cc1.